The number of carbonyl (C=O) groups excluding carboxylic acids is 1. The largest absolute Gasteiger partial charge is 0.323 e. The molecule has 6 rings (SSSR count). The van der Waals surface area contributed by atoms with Crippen LogP contribution in [-0.2, 0) is 18.4 Å². The quantitative estimate of drug-likeness (QED) is 0.253. The van der Waals surface area contributed by atoms with E-state index in [2.05, 4.69) is 29.4 Å². The fraction of sp³-hybridized carbons (Fsp3) is 0.333. The molecule has 0 unspecified atom stereocenters. The Morgan fingerprint density at radius 3 is 2.64 bits per heavy atom. The number of halogens is 1. The lowest BCUT2D eigenvalue weighted by molar-refractivity contribution is -0.119. The van der Waals surface area contributed by atoms with E-state index in [0.717, 1.165) is 46.6 Å². The number of aryl methyl sites for hydroxylation is 1. The maximum atomic E-state index is 13.8. The highest BCUT2D eigenvalue weighted by molar-refractivity contribution is 6.31. The van der Waals surface area contributed by atoms with Gasteiger partial charge in [0.2, 0.25) is 5.91 Å². The lowest BCUT2D eigenvalue weighted by Gasteiger charge is -2.22. The summed E-state index contributed by atoms with van der Waals surface area (Å²) in [6, 6.07) is 10.6. The van der Waals surface area contributed by atoms with Crippen LogP contribution < -0.4 is 10.9 Å². The van der Waals surface area contributed by atoms with Crippen LogP contribution in [0.1, 0.15) is 51.8 Å². The SMILES string of the molecule is CC(C)Cn1cc(-c2ccc(Cl)cc2-c2cc(=O)n([C@H]3CCC[C@@H](C)C(=O)Nc4cnn(C)c4-c4ccnc3c4)cn2)cn1. The molecule has 0 radical (unpaired) electrons. The van der Waals surface area contributed by atoms with Crippen molar-refractivity contribution < 1.29 is 4.79 Å². The van der Waals surface area contributed by atoms with E-state index < -0.39 is 0 Å². The lowest BCUT2D eigenvalue weighted by atomic mass is 9.96. The van der Waals surface area contributed by atoms with Gasteiger partial charge in [0.05, 0.1) is 47.5 Å². The van der Waals surface area contributed by atoms with Gasteiger partial charge in [-0.1, -0.05) is 44.9 Å². The van der Waals surface area contributed by atoms with Crippen molar-refractivity contribution in [3.8, 4) is 33.6 Å². The smallest absolute Gasteiger partial charge is 0.254 e. The van der Waals surface area contributed by atoms with Crippen molar-refractivity contribution in [1.29, 1.82) is 0 Å². The standard InChI is InChI=1S/C33H35ClN8O2/c1-20(2)17-41-18-23(15-38-41)25-9-8-24(34)13-26(25)27-14-31(43)42(19-36-27)30-7-5-6-21(3)33(44)39-29-16-37-40(4)32(29)22-10-11-35-28(30)12-22/h8-16,18-21,30H,5-7,17H2,1-4H3,(H,39,44)/t21-,30+/m1/s1. The molecule has 10 nitrogen and oxygen atoms in total. The first-order valence-corrected chi connectivity index (χ1v) is 15.3. The van der Waals surface area contributed by atoms with Gasteiger partial charge in [-0.2, -0.15) is 10.2 Å². The second kappa shape index (κ2) is 12.2. The summed E-state index contributed by atoms with van der Waals surface area (Å²) in [7, 11) is 1.84. The highest BCUT2D eigenvalue weighted by atomic mass is 35.5. The minimum absolute atomic E-state index is 0.0547. The highest BCUT2D eigenvalue weighted by Gasteiger charge is 2.24. The monoisotopic (exact) mass is 610 g/mol. The molecule has 1 aliphatic heterocycles. The fourth-order valence-electron chi connectivity index (χ4n) is 5.83. The topological polar surface area (TPSA) is 113 Å². The molecule has 5 aromatic rings. The Morgan fingerprint density at radius 2 is 1.84 bits per heavy atom. The number of carbonyl (C=O) groups is 1. The summed E-state index contributed by atoms with van der Waals surface area (Å²) in [5.41, 5.74) is 5.93. The van der Waals surface area contributed by atoms with Gasteiger partial charge in [0.15, 0.2) is 0 Å². The first-order chi connectivity index (χ1) is 21.2. The molecule has 1 amide bonds. The summed E-state index contributed by atoms with van der Waals surface area (Å²) in [5, 5.41) is 12.5. The van der Waals surface area contributed by atoms with E-state index in [1.807, 2.05) is 61.4 Å². The number of rotatable bonds is 5. The molecule has 0 aliphatic carbocycles. The number of pyridine rings is 1. The zero-order chi connectivity index (χ0) is 31.0. The van der Waals surface area contributed by atoms with Gasteiger partial charge >= 0.3 is 0 Å². The molecule has 5 heterocycles. The first-order valence-electron chi connectivity index (χ1n) is 14.9. The molecule has 1 aromatic carbocycles. The first kappa shape index (κ1) is 29.5. The number of fused-ring (bicyclic) bond motifs is 4. The van der Waals surface area contributed by atoms with Crippen LogP contribution in [0.15, 0.2) is 72.3 Å². The van der Waals surface area contributed by atoms with Gasteiger partial charge in [0.1, 0.15) is 0 Å². The van der Waals surface area contributed by atoms with Gasteiger partial charge in [-0.3, -0.25) is 28.5 Å². The molecular weight excluding hydrogens is 576 g/mol. The average Bonchev–Trinajstić information content (AvgIpc) is 3.60. The minimum Gasteiger partial charge on any atom is -0.323 e. The number of hydrogen-bond acceptors (Lipinski definition) is 6. The number of aromatic nitrogens is 7. The van der Waals surface area contributed by atoms with Crippen LogP contribution in [0.4, 0.5) is 5.69 Å². The molecule has 2 atom stereocenters. The van der Waals surface area contributed by atoms with Crippen molar-refractivity contribution >= 4 is 23.2 Å². The maximum Gasteiger partial charge on any atom is 0.254 e. The number of benzene rings is 1. The van der Waals surface area contributed by atoms with Crippen LogP contribution in [0.3, 0.4) is 0 Å². The van der Waals surface area contributed by atoms with Crippen LogP contribution in [0.2, 0.25) is 5.02 Å². The van der Waals surface area contributed by atoms with Crippen molar-refractivity contribution in [1.82, 2.24) is 34.1 Å². The van der Waals surface area contributed by atoms with Gasteiger partial charge in [-0.15, -0.1) is 0 Å². The molecule has 1 N–H and O–H groups in total. The number of hydrogen-bond donors (Lipinski definition) is 1. The molecule has 0 spiro atoms. The zero-order valence-electron chi connectivity index (χ0n) is 25.2. The van der Waals surface area contributed by atoms with E-state index in [0.29, 0.717) is 35.2 Å². The number of nitrogens with one attached hydrogen (secondary N) is 1. The third kappa shape index (κ3) is 5.94. The summed E-state index contributed by atoms with van der Waals surface area (Å²) in [6.07, 6.45) is 10.8. The van der Waals surface area contributed by atoms with E-state index in [-0.39, 0.29) is 23.4 Å². The second-order valence-corrected chi connectivity index (χ2v) is 12.3. The minimum atomic E-state index is -0.372. The Hall–Kier alpha value is -4.57. The Morgan fingerprint density at radius 1 is 1.00 bits per heavy atom. The fourth-order valence-corrected chi connectivity index (χ4v) is 6.00. The van der Waals surface area contributed by atoms with Crippen LogP contribution in [0.25, 0.3) is 33.6 Å². The summed E-state index contributed by atoms with van der Waals surface area (Å²) in [6.45, 7) is 7.02. The van der Waals surface area contributed by atoms with Crippen LogP contribution in [-0.4, -0.2) is 40.0 Å². The maximum absolute atomic E-state index is 13.8. The van der Waals surface area contributed by atoms with E-state index in [1.54, 1.807) is 34.0 Å². The predicted molar refractivity (Wildman–Crippen MR) is 171 cm³/mol. The van der Waals surface area contributed by atoms with Crippen LogP contribution >= 0.6 is 11.6 Å². The van der Waals surface area contributed by atoms with Gasteiger partial charge in [-0.25, -0.2) is 4.98 Å². The van der Waals surface area contributed by atoms with Crippen LogP contribution in [0.5, 0.6) is 0 Å². The number of anilines is 1. The third-order valence-electron chi connectivity index (χ3n) is 8.08. The number of nitrogens with zero attached hydrogens (tertiary/aromatic N) is 7. The van der Waals surface area contributed by atoms with Crippen molar-refractivity contribution in [3.05, 3.63) is 88.6 Å². The molecule has 0 fully saturated rings. The predicted octanol–water partition coefficient (Wildman–Crippen LogP) is 6.23. The van der Waals surface area contributed by atoms with Gasteiger partial charge < -0.3 is 5.32 Å². The summed E-state index contributed by atoms with van der Waals surface area (Å²) >= 11 is 6.43. The second-order valence-electron chi connectivity index (χ2n) is 11.9. The number of amides is 1. The Bertz CT molecular complexity index is 1890. The summed E-state index contributed by atoms with van der Waals surface area (Å²) in [4.78, 5) is 36.3. The van der Waals surface area contributed by atoms with Crippen molar-refractivity contribution in [2.45, 2.75) is 52.6 Å². The molecule has 11 heteroatoms. The third-order valence-corrected chi connectivity index (χ3v) is 8.32. The lowest BCUT2D eigenvalue weighted by Crippen LogP contribution is -2.27. The zero-order valence-corrected chi connectivity index (χ0v) is 26.0. The van der Waals surface area contributed by atoms with E-state index in [9.17, 15) is 9.59 Å². The molecule has 1 aliphatic rings. The van der Waals surface area contributed by atoms with Gasteiger partial charge in [0.25, 0.3) is 5.56 Å². The molecule has 44 heavy (non-hydrogen) atoms. The molecule has 0 saturated carbocycles. The van der Waals surface area contributed by atoms with Crippen molar-refractivity contribution in [2.24, 2.45) is 18.9 Å². The van der Waals surface area contributed by atoms with E-state index in [4.69, 9.17) is 21.6 Å². The molecule has 0 saturated heterocycles. The average molecular weight is 611 g/mol. The normalized spacial score (nSPS) is 17.1. The van der Waals surface area contributed by atoms with E-state index >= 15 is 0 Å². The highest BCUT2D eigenvalue weighted by Crippen LogP contribution is 2.35. The molecule has 226 valence electrons. The van der Waals surface area contributed by atoms with E-state index in [1.165, 1.54) is 0 Å². The van der Waals surface area contributed by atoms with Crippen molar-refractivity contribution in [3.63, 3.8) is 0 Å². The Labute approximate surface area is 260 Å². The molecular formula is C33H35ClN8O2. The van der Waals surface area contributed by atoms with Gasteiger partial charge in [0, 0.05) is 59.7 Å². The Balaban J connectivity index is 1.40. The molecule has 4 aromatic heterocycles. The van der Waals surface area contributed by atoms with Crippen molar-refractivity contribution in [2.75, 3.05) is 5.32 Å². The van der Waals surface area contributed by atoms with Crippen LogP contribution in [0, 0.1) is 11.8 Å². The molecule has 2 bridgehead atoms. The summed E-state index contributed by atoms with van der Waals surface area (Å²) in [5.74, 6) is 0.193. The Kier molecular flexibility index (Phi) is 8.18. The van der Waals surface area contributed by atoms with Gasteiger partial charge in [-0.05, 0) is 48.6 Å². The summed E-state index contributed by atoms with van der Waals surface area (Å²) < 4.78 is 5.30.